The Hall–Kier alpha value is -1.56. The Morgan fingerprint density at radius 1 is 1.24 bits per heavy atom. The lowest BCUT2D eigenvalue weighted by atomic mass is 9.95. The number of hydrogen-bond donors (Lipinski definition) is 2. The lowest BCUT2D eigenvalue weighted by Crippen LogP contribution is -2.32. The lowest BCUT2D eigenvalue weighted by molar-refractivity contribution is -0.137. The molecule has 2 rings (SSSR count). The van der Waals surface area contributed by atoms with Gasteiger partial charge in [0.1, 0.15) is 0 Å². The third-order valence-electron chi connectivity index (χ3n) is 3.77. The number of nitrogens with one attached hydrogen (secondary N) is 2. The van der Waals surface area contributed by atoms with Crippen LogP contribution in [0.2, 0.25) is 0 Å². The fraction of sp³-hybridized carbons (Fsp3) is 0.533. The van der Waals surface area contributed by atoms with Crippen molar-refractivity contribution in [2.75, 3.05) is 19.6 Å². The van der Waals surface area contributed by atoms with Gasteiger partial charge in [0, 0.05) is 6.54 Å². The number of carbonyl (C=O) groups is 1. The number of alkyl halides is 3. The number of amides is 1. The Labute approximate surface area is 121 Å². The summed E-state index contributed by atoms with van der Waals surface area (Å²) in [5.74, 6) is -0.124. The standard InChI is InChI=1S/C15H19F3N2O/c16-15(17,18)13-4-2-1-3-12(13)14(21)20-10-7-11-5-8-19-9-6-11/h1-4,11,19H,5-10H2,(H,20,21). The minimum absolute atomic E-state index is 0.310. The third kappa shape index (κ3) is 4.46. The van der Waals surface area contributed by atoms with Gasteiger partial charge in [-0.3, -0.25) is 4.79 Å². The summed E-state index contributed by atoms with van der Waals surface area (Å²) in [4.78, 5) is 11.9. The normalized spacial score (nSPS) is 16.7. The minimum Gasteiger partial charge on any atom is -0.352 e. The smallest absolute Gasteiger partial charge is 0.352 e. The molecule has 0 aliphatic carbocycles. The average molecular weight is 300 g/mol. The molecule has 116 valence electrons. The predicted molar refractivity (Wildman–Crippen MR) is 74.0 cm³/mol. The molecule has 1 aromatic carbocycles. The summed E-state index contributed by atoms with van der Waals surface area (Å²) in [5.41, 5.74) is -1.19. The highest BCUT2D eigenvalue weighted by Gasteiger charge is 2.34. The van der Waals surface area contributed by atoms with Crippen molar-refractivity contribution in [3.63, 3.8) is 0 Å². The number of piperidine rings is 1. The van der Waals surface area contributed by atoms with Crippen LogP contribution in [0.5, 0.6) is 0 Å². The Morgan fingerprint density at radius 2 is 1.90 bits per heavy atom. The minimum atomic E-state index is -4.51. The van der Waals surface area contributed by atoms with Crippen LogP contribution >= 0.6 is 0 Å². The van der Waals surface area contributed by atoms with Crippen molar-refractivity contribution in [1.82, 2.24) is 10.6 Å². The molecule has 0 atom stereocenters. The molecular formula is C15H19F3N2O. The fourth-order valence-electron chi connectivity index (χ4n) is 2.58. The van der Waals surface area contributed by atoms with Crippen molar-refractivity contribution in [3.05, 3.63) is 35.4 Å². The van der Waals surface area contributed by atoms with Crippen molar-refractivity contribution < 1.29 is 18.0 Å². The van der Waals surface area contributed by atoms with Crippen molar-refractivity contribution >= 4 is 5.91 Å². The van der Waals surface area contributed by atoms with Gasteiger partial charge in [0.05, 0.1) is 11.1 Å². The van der Waals surface area contributed by atoms with E-state index in [1.54, 1.807) is 0 Å². The summed E-state index contributed by atoms with van der Waals surface area (Å²) in [7, 11) is 0. The Kier molecular flexibility index (Phi) is 5.22. The zero-order chi connectivity index (χ0) is 15.3. The van der Waals surface area contributed by atoms with Gasteiger partial charge < -0.3 is 10.6 Å². The monoisotopic (exact) mass is 300 g/mol. The van der Waals surface area contributed by atoms with E-state index in [0.717, 1.165) is 38.4 Å². The molecule has 0 aromatic heterocycles. The van der Waals surface area contributed by atoms with E-state index >= 15 is 0 Å². The highest BCUT2D eigenvalue weighted by atomic mass is 19.4. The van der Waals surface area contributed by atoms with Gasteiger partial charge in [0.15, 0.2) is 0 Å². The van der Waals surface area contributed by atoms with Gasteiger partial charge in [0.25, 0.3) is 5.91 Å². The summed E-state index contributed by atoms with van der Waals surface area (Å²) in [6.45, 7) is 2.35. The second-order valence-corrected chi connectivity index (χ2v) is 5.28. The molecule has 1 aliphatic heterocycles. The van der Waals surface area contributed by atoms with Crippen LogP contribution in [-0.2, 0) is 6.18 Å². The zero-order valence-corrected chi connectivity index (χ0v) is 11.7. The maximum absolute atomic E-state index is 12.8. The van der Waals surface area contributed by atoms with Gasteiger partial charge in [-0.1, -0.05) is 12.1 Å². The largest absolute Gasteiger partial charge is 0.417 e. The van der Waals surface area contributed by atoms with Crippen molar-refractivity contribution in [3.8, 4) is 0 Å². The first-order valence-corrected chi connectivity index (χ1v) is 7.13. The fourth-order valence-corrected chi connectivity index (χ4v) is 2.58. The first-order chi connectivity index (χ1) is 9.98. The van der Waals surface area contributed by atoms with Crippen molar-refractivity contribution in [2.24, 2.45) is 5.92 Å². The van der Waals surface area contributed by atoms with E-state index in [9.17, 15) is 18.0 Å². The Bertz CT molecular complexity index is 482. The highest BCUT2D eigenvalue weighted by molar-refractivity contribution is 5.95. The van der Waals surface area contributed by atoms with Crippen LogP contribution in [0.15, 0.2) is 24.3 Å². The molecule has 1 amide bonds. The number of benzene rings is 1. The topological polar surface area (TPSA) is 41.1 Å². The molecule has 0 saturated carbocycles. The molecule has 2 N–H and O–H groups in total. The lowest BCUT2D eigenvalue weighted by Gasteiger charge is -2.22. The molecule has 0 spiro atoms. The van der Waals surface area contributed by atoms with Crippen LogP contribution in [0.3, 0.4) is 0 Å². The SMILES string of the molecule is O=C(NCCC1CCNCC1)c1ccccc1C(F)(F)F. The van der Waals surface area contributed by atoms with Crippen LogP contribution in [0.4, 0.5) is 13.2 Å². The Balaban J connectivity index is 1.91. The number of rotatable bonds is 4. The molecule has 21 heavy (non-hydrogen) atoms. The molecule has 1 heterocycles. The van der Waals surface area contributed by atoms with Crippen LogP contribution in [0.25, 0.3) is 0 Å². The van der Waals surface area contributed by atoms with Gasteiger partial charge >= 0.3 is 6.18 Å². The highest BCUT2D eigenvalue weighted by Crippen LogP contribution is 2.31. The molecule has 0 unspecified atom stereocenters. The summed E-state index contributed by atoms with van der Waals surface area (Å²) in [6.07, 6.45) is -1.60. The second-order valence-electron chi connectivity index (χ2n) is 5.28. The number of hydrogen-bond acceptors (Lipinski definition) is 2. The van der Waals surface area contributed by atoms with Crippen LogP contribution in [-0.4, -0.2) is 25.5 Å². The summed E-state index contributed by atoms with van der Waals surface area (Å²) >= 11 is 0. The molecule has 0 radical (unpaired) electrons. The van der Waals surface area contributed by atoms with E-state index in [4.69, 9.17) is 0 Å². The second kappa shape index (κ2) is 6.93. The summed E-state index contributed by atoms with van der Waals surface area (Å²) in [6, 6.07) is 4.87. The number of carbonyl (C=O) groups excluding carboxylic acids is 1. The number of halogens is 3. The third-order valence-corrected chi connectivity index (χ3v) is 3.77. The molecule has 1 saturated heterocycles. The maximum Gasteiger partial charge on any atom is 0.417 e. The van der Waals surface area contributed by atoms with Crippen molar-refractivity contribution in [2.45, 2.75) is 25.4 Å². The van der Waals surface area contributed by atoms with Gasteiger partial charge in [-0.15, -0.1) is 0 Å². The molecule has 0 bridgehead atoms. The summed E-state index contributed by atoms with van der Waals surface area (Å²) < 4.78 is 38.5. The summed E-state index contributed by atoms with van der Waals surface area (Å²) in [5, 5.41) is 5.85. The molecule has 6 heteroatoms. The van der Waals surface area contributed by atoms with Gasteiger partial charge in [-0.2, -0.15) is 13.2 Å². The van der Waals surface area contributed by atoms with Gasteiger partial charge in [-0.05, 0) is 50.4 Å². The van der Waals surface area contributed by atoms with E-state index in [-0.39, 0.29) is 5.56 Å². The van der Waals surface area contributed by atoms with E-state index in [0.29, 0.717) is 12.5 Å². The molecule has 1 aromatic rings. The van der Waals surface area contributed by atoms with E-state index in [1.807, 2.05) is 0 Å². The van der Waals surface area contributed by atoms with Gasteiger partial charge in [-0.25, -0.2) is 0 Å². The van der Waals surface area contributed by atoms with Crippen LogP contribution in [0, 0.1) is 5.92 Å². The molecule has 1 fully saturated rings. The van der Waals surface area contributed by atoms with Gasteiger partial charge in [0.2, 0.25) is 0 Å². The van der Waals surface area contributed by atoms with Crippen LogP contribution < -0.4 is 10.6 Å². The first kappa shape index (κ1) is 15.8. The van der Waals surface area contributed by atoms with E-state index in [2.05, 4.69) is 10.6 Å². The van der Waals surface area contributed by atoms with Crippen LogP contribution in [0.1, 0.15) is 35.2 Å². The quantitative estimate of drug-likeness (QED) is 0.898. The maximum atomic E-state index is 12.8. The molecular weight excluding hydrogens is 281 g/mol. The molecule has 1 aliphatic rings. The zero-order valence-electron chi connectivity index (χ0n) is 11.7. The van der Waals surface area contributed by atoms with E-state index < -0.39 is 17.6 Å². The first-order valence-electron chi connectivity index (χ1n) is 7.13. The predicted octanol–water partition coefficient (Wildman–Crippen LogP) is 2.82. The Morgan fingerprint density at radius 3 is 2.57 bits per heavy atom. The van der Waals surface area contributed by atoms with Crippen molar-refractivity contribution in [1.29, 1.82) is 0 Å². The molecule has 3 nitrogen and oxygen atoms in total. The van der Waals surface area contributed by atoms with E-state index in [1.165, 1.54) is 18.2 Å². The average Bonchev–Trinajstić information content (AvgIpc) is 2.47.